The second-order valence-corrected chi connectivity index (χ2v) is 6.50. The van der Waals surface area contributed by atoms with Gasteiger partial charge in [-0.15, -0.1) is 0 Å². The van der Waals surface area contributed by atoms with Gasteiger partial charge in [0.1, 0.15) is 0 Å². The Kier molecular flexibility index (Phi) is 3.40. The monoisotopic (exact) mass is 306 g/mol. The maximum atomic E-state index is 12.3. The minimum absolute atomic E-state index is 1.79. The van der Waals surface area contributed by atoms with Crippen LogP contribution in [0.15, 0.2) is 0 Å². The van der Waals surface area contributed by atoms with Crippen molar-refractivity contribution in [3.8, 4) is 0 Å². The van der Waals surface area contributed by atoms with Gasteiger partial charge in [-0.25, -0.2) is 4.39 Å². The van der Waals surface area contributed by atoms with Gasteiger partial charge >= 0.3 is 0 Å². The highest BCUT2D eigenvalue weighted by atomic mass is 79.9. The molecule has 0 heterocycles. The second-order valence-electron chi connectivity index (χ2n) is 0.996. The van der Waals surface area contributed by atoms with E-state index >= 15 is 0 Å². The molecule has 0 bridgehead atoms. The Morgan fingerprint density at radius 2 is 1.25 bits per heavy atom. The molecular weight excluding hydrogens is 309 g/mol. The molecule has 0 aromatic carbocycles. The molecule has 6 heteroatoms. The van der Waals surface area contributed by atoms with Crippen LogP contribution in [0.3, 0.4) is 0 Å². The van der Waals surface area contributed by atoms with Crippen molar-refractivity contribution in [1.29, 1.82) is 0 Å². The van der Waals surface area contributed by atoms with Gasteiger partial charge in [0.25, 0.3) is 4.04 Å². The van der Waals surface area contributed by atoms with Crippen molar-refractivity contribution in [2.24, 2.45) is 0 Å². The Hall–Kier alpha value is 1.76. The van der Waals surface area contributed by atoms with E-state index in [4.69, 9.17) is 34.8 Å². The number of alkyl halides is 6. The first-order chi connectivity index (χ1) is 3.25. The topological polar surface area (TPSA) is 0 Å². The minimum Gasteiger partial charge on any atom is -0.209 e. The summed E-state index contributed by atoms with van der Waals surface area (Å²) in [6.07, 6.45) is 0. The van der Waals surface area contributed by atoms with Crippen molar-refractivity contribution in [2.75, 3.05) is 0 Å². The van der Waals surface area contributed by atoms with E-state index in [1.807, 2.05) is 0 Å². The summed E-state index contributed by atoms with van der Waals surface area (Å²) in [6.45, 7) is 0. The van der Waals surface area contributed by atoms with Crippen molar-refractivity contribution in [3.63, 3.8) is 0 Å². The van der Waals surface area contributed by atoms with Crippen molar-refractivity contribution in [3.05, 3.63) is 0 Å². The van der Waals surface area contributed by atoms with Crippen molar-refractivity contribution in [1.82, 2.24) is 0 Å². The highest BCUT2D eigenvalue weighted by Gasteiger charge is 2.45. The third-order valence-electron chi connectivity index (χ3n) is 0.321. The molecule has 0 amide bonds. The van der Waals surface area contributed by atoms with Gasteiger partial charge in [-0.05, 0) is 31.9 Å². The van der Waals surface area contributed by atoms with Gasteiger partial charge in [0, 0.05) is 0 Å². The summed E-state index contributed by atoms with van der Waals surface area (Å²) in [6, 6.07) is 0. The third kappa shape index (κ3) is 3.06. The summed E-state index contributed by atoms with van der Waals surface area (Å²) >= 11 is 20.2. The van der Waals surface area contributed by atoms with Crippen LogP contribution < -0.4 is 0 Å². The van der Waals surface area contributed by atoms with E-state index in [2.05, 4.69) is 31.9 Å². The molecule has 0 fully saturated rings. The van der Waals surface area contributed by atoms with Crippen LogP contribution in [0.4, 0.5) is 4.39 Å². The first-order valence-corrected chi connectivity index (χ1v) is 4.10. The Morgan fingerprint density at radius 3 is 1.25 bits per heavy atom. The van der Waals surface area contributed by atoms with Crippen LogP contribution in [-0.2, 0) is 0 Å². The lowest BCUT2D eigenvalue weighted by atomic mass is 10.9. The van der Waals surface area contributed by atoms with Gasteiger partial charge in [0.2, 0.25) is 3.24 Å². The zero-order valence-corrected chi connectivity index (χ0v) is 8.71. The predicted molar refractivity (Wildman–Crippen MR) is 42.0 cm³/mol. The van der Waals surface area contributed by atoms with E-state index in [1.54, 1.807) is 0 Å². The molecular formula is C2Br2Cl3F. The molecule has 0 aliphatic heterocycles. The number of halogens is 6. The van der Waals surface area contributed by atoms with Gasteiger partial charge in [0.15, 0.2) is 0 Å². The highest BCUT2D eigenvalue weighted by molar-refractivity contribution is 9.13. The lowest BCUT2D eigenvalue weighted by molar-refractivity contribution is 0.423. The van der Waals surface area contributed by atoms with Crippen LogP contribution in [0.25, 0.3) is 0 Å². The smallest absolute Gasteiger partial charge is 0.209 e. The van der Waals surface area contributed by atoms with Gasteiger partial charge in [-0.3, -0.25) is 0 Å². The summed E-state index contributed by atoms with van der Waals surface area (Å²) in [5.41, 5.74) is 0. The Balaban J connectivity index is 4.02. The molecule has 0 saturated heterocycles. The molecule has 0 rings (SSSR count). The fourth-order valence-corrected chi connectivity index (χ4v) is 0. The molecule has 0 aliphatic carbocycles. The molecule has 0 aromatic rings. The Bertz CT molecular complexity index is 70.3. The zero-order valence-electron chi connectivity index (χ0n) is 3.27. The summed E-state index contributed by atoms with van der Waals surface area (Å²) < 4.78 is 8.15. The van der Waals surface area contributed by atoms with Crippen LogP contribution in [0, 0.1) is 0 Å². The molecule has 0 N–H and O–H groups in total. The van der Waals surface area contributed by atoms with Crippen LogP contribution in [0.1, 0.15) is 0 Å². The number of hydrogen-bond donors (Lipinski definition) is 0. The summed E-state index contributed by atoms with van der Waals surface area (Å²) in [4.78, 5) is 0. The molecule has 0 aliphatic rings. The van der Waals surface area contributed by atoms with Gasteiger partial charge < -0.3 is 0 Å². The molecule has 8 heavy (non-hydrogen) atoms. The van der Waals surface area contributed by atoms with Crippen LogP contribution in [0.2, 0.25) is 0 Å². The Morgan fingerprint density at radius 1 is 1.12 bits per heavy atom. The van der Waals surface area contributed by atoms with Gasteiger partial charge in [-0.1, -0.05) is 34.8 Å². The molecule has 1 atom stereocenters. The van der Waals surface area contributed by atoms with Crippen molar-refractivity contribution < 1.29 is 4.39 Å². The average Bonchev–Trinajstić information content (AvgIpc) is 1.25. The van der Waals surface area contributed by atoms with Crippen LogP contribution >= 0.6 is 66.7 Å². The zero-order chi connectivity index (χ0) is 7.00. The average molecular weight is 309 g/mol. The first-order valence-electron chi connectivity index (χ1n) is 1.38. The summed E-state index contributed by atoms with van der Waals surface area (Å²) in [7, 11) is 0. The molecule has 0 saturated carbocycles. The Labute approximate surface area is 77.9 Å². The highest BCUT2D eigenvalue weighted by Crippen LogP contribution is 2.49. The fourth-order valence-electron chi connectivity index (χ4n) is 0. The van der Waals surface area contributed by atoms with Crippen molar-refractivity contribution in [2.45, 2.75) is 7.28 Å². The SMILES string of the molecule is FC(Cl)(Br)C(Cl)(Cl)Br. The molecule has 0 radical (unpaired) electrons. The minimum atomic E-state index is -2.33. The van der Waals surface area contributed by atoms with E-state index in [0.717, 1.165) is 0 Å². The summed E-state index contributed by atoms with van der Waals surface area (Å²) in [5, 5.41) is 0. The van der Waals surface area contributed by atoms with E-state index in [0.29, 0.717) is 0 Å². The van der Waals surface area contributed by atoms with Gasteiger partial charge in [0.05, 0.1) is 0 Å². The maximum absolute atomic E-state index is 12.3. The number of rotatable bonds is 1. The molecule has 0 aromatic heterocycles. The lowest BCUT2D eigenvalue weighted by Gasteiger charge is -2.18. The second kappa shape index (κ2) is 2.79. The molecule has 1 unspecified atom stereocenters. The van der Waals surface area contributed by atoms with E-state index < -0.39 is 7.28 Å². The van der Waals surface area contributed by atoms with Crippen molar-refractivity contribution >= 4 is 66.7 Å². The third-order valence-corrected chi connectivity index (χ3v) is 3.68. The van der Waals surface area contributed by atoms with E-state index in [1.165, 1.54) is 0 Å². The normalized spacial score (nSPS) is 20.2. The lowest BCUT2D eigenvalue weighted by Crippen LogP contribution is -2.23. The number of hydrogen-bond acceptors (Lipinski definition) is 0. The quantitative estimate of drug-likeness (QED) is 0.647. The van der Waals surface area contributed by atoms with Crippen LogP contribution in [0.5, 0.6) is 0 Å². The van der Waals surface area contributed by atoms with E-state index in [-0.39, 0.29) is 0 Å². The first kappa shape index (κ1) is 9.76. The summed E-state index contributed by atoms with van der Waals surface area (Å²) in [5.74, 6) is 0. The maximum Gasteiger partial charge on any atom is 0.280 e. The predicted octanol–water partition coefficient (Wildman–Crippen LogP) is 3.77. The van der Waals surface area contributed by atoms with E-state index in [9.17, 15) is 4.39 Å². The molecule has 50 valence electrons. The van der Waals surface area contributed by atoms with Crippen LogP contribution in [-0.4, -0.2) is 7.28 Å². The standard InChI is InChI=1S/C2Br2Cl3F/c3-1(5,6)2(4,7)8. The largest absolute Gasteiger partial charge is 0.280 e. The molecule has 0 spiro atoms. The van der Waals surface area contributed by atoms with Gasteiger partial charge in [-0.2, -0.15) is 0 Å². The molecule has 0 nitrogen and oxygen atoms in total. The fraction of sp³-hybridized carbons (Fsp3) is 1.00.